The average Bonchev–Trinajstić information content (AvgIpc) is 2.75. The number of phenolic OH excluding ortho intramolecular Hbond substituents is 2. The van der Waals surface area contributed by atoms with Gasteiger partial charge in [-0.2, -0.15) is 0 Å². The number of hydrogen-bond donors (Lipinski definition) is 2. The lowest BCUT2D eigenvalue weighted by Crippen LogP contribution is -1.98. The van der Waals surface area contributed by atoms with Gasteiger partial charge in [-0.15, -0.1) is 0 Å². The fourth-order valence-corrected chi connectivity index (χ4v) is 1.99. The second kappa shape index (κ2) is 4.59. The Morgan fingerprint density at radius 2 is 1.86 bits per heavy atom. The molecule has 0 spiro atoms. The number of hydrogen-bond acceptors (Lipinski definition) is 4. The van der Waals surface area contributed by atoms with E-state index in [4.69, 9.17) is 4.74 Å². The molecule has 0 amide bonds. The van der Waals surface area contributed by atoms with Gasteiger partial charge >= 0.3 is 0 Å². The lowest BCUT2D eigenvalue weighted by Gasteiger charge is -2.02. The van der Waals surface area contributed by atoms with Crippen LogP contribution in [0.5, 0.6) is 17.2 Å². The first kappa shape index (κ1) is 13.1. The summed E-state index contributed by atoms with van der Waals surface area (Å²) < 4.78 is 31.6. The molecule has 2 aromatic carbocycles. The zero-order valence-electron chi connectivity index (χ0n) is 10.4. The molecule has 2 N–H and O–H groups in total. The van der Waals surface area contributed by atoms with Gasteiger partial charge in [0.1, 0.15) is 11.6 Å². The van der Waals surface area contributed by atoms with E-state index in [1.807, 2.05) is 0 Å². The first-order valence-corrected chi connectivity index (χ1v) is 5.91. The number of carbonyl (C=O) groups excluding carboxylic acids is 1. The number of ether oxygens (including phenoxy) is 1. The molecule has 6 heteroatoms. The molecule has 0 radical (unpaired) electrons. The van der Waals surface area contributed by atoms with Gasteiger partial charge in [-0.25, -0.2) is 8.78 Å². The highest BCUT2D eigenvalue weighted by Gasteiger charge is 2.31. The Labute approximate surface area is 117 Å². The molecule has 21 heavy (non-hydrogen) atoms. The number of benzene rings is 2. The highest BCUT2D eigenvalue weighted by molar-refractivity contribution is 6.15. The third kappa shape index (κ3) is 2.10. The van der Waals surface area contributed by atoms with Crippen LogP contribution in [0.4, 0.5) is 8.78 Å². The number of phenols is 2. The van der Waals surface area contributed by atoms with E-state index in [9.17, 15) is 23.8 Å². The summed E-state index contributed by atoms with van der Waals surface area (Å²) in [5, 5.41) is 19.0. The standard InChI is InChI=1S/C15H8F2O4/c16-8-2-1-7(10(17)6-8)5-12-13(19)9-3-4-11(18)14(20)15(9)21-12/h1-6,18,20H/b12-5-. The Morgan fingerprint density at radius 3 is 2.57 bits per heavy atom. The molecule has 0 aromatic heterocycles. The highest BCUT2D eigenvalue weighted by Crippen LogP contribution is 2.44. The molecule has 0 saturated heterocycles. The third-order valence-electron chi connectivity index (χ3n) is 3.04. The van der Waals surface area contributed by atoms with Gasteiger partial charge in [0.15, 0.2) is 17.3 Å². The summed E-state index contributed by atoms with van der Waals surface area (Å²) in [5.74, 6) is -3.56. The van der Waals surface area contributed by atoms with Crippen LogP contribution < -0.4 is 4.74 Å². The maximum absolute atomic E-state index is 13.6. The summed E-state index contributed by atoms with van der Waals surface area (Å²) in [6.45, 7) is 0. The quantitative estimate of drug-likeness (QED) is 0.626. The number of ketones is 1. The van der Waals surface area contributed by atoms with Crippen LogP contribution in [0, 0.1) is 11.6 Å². The van der Waals surface area contributed by atoms with Crippen molar-refractivity contribution in [3.05, 3.63) is 58.9 Å². The van der Waals surface area contributed by atoms with E-state index in [-0.39, 0.29) is 22.6 Å². The Balaban J connectivity index is 2.05. The lowest BCUT2D eigenvalue weighted by molar-refractivity contribution is 0.101. The number of Topliss-reactive ketones (excluding diaryl/α,β-unsaturated/α-hetero) is 1. The van der Waals surface area contributed by atoms with Crippen LogP contribution in [0.1, 0.15) is 15.9 Å². The predicted octanol–water partition coefficient (Wildman–Crippen LogP) is 2.99. The van der Waals surface area contributed by atoms with Crippen LogP contribution in [0.15, 0.2) is 36.1 Å². The van der Waals surface area contributed by atoms with Gasteiger partial charge in [0.05, 0.1) is 5.56 Å². The van der Waals surface area contributed by atoms with Crippen LogP contribution in [-0.2, 0) is 0 Å². The lowest BCUT2D eigenvalue weighted by atomic mass is 10.1. The molecule has 1 aliphatic heterocycles. The average molecular weight is 290 g/mol. The monoisotopic (exact) mass is 290 g/mol. The van der Waals surface area contributed by atoms with Crippen molar-refractivity contribution in [2.24, 2.45) is 0 Å². The number of halogens is 2. The summed E-state index contributed by atoms with van der Waals surface area (Å²) in [4.78, 5) is 12.1. The summed E-state index contributed by atoms with van der Waals surface area (Å²) in [6.07, 6.45) is 1.10. The maximum atomic E-state index is 13.6. The zero-order valence-corrected chi connectivity index (χ0v) is 10.4. The van der Waals surface area contributed by atoms with Gasteiger partial charge in [0, 0.05) is 11.6 Å². The molecule has 0 saturated carbocycles. The normalized spacial score (nSPS) is 15.1. The minimum absolute atomic E-state index is 0.0312. The Hall–Kier alpha value is -2.89. The predicted molar refractivity (Wildman–Crippen MR) is 69.1 cm³/mol. The van der Waals surface area contributed by atoms with Crippen LogP contribution in [0.2, 0.25) is 0 Å². The summed E-state index contributed by atoms with van der Waals surface area (Å²) in [6, 6.07) is 5.33. The van der Waals surface area contributed by atoms with Crippen molar-refractivity contribution in [1.29, 1.82) is 0 Å². The highest BCUT2D eigenvalue weighted by atomic mass is 19.1. The molecule has 0 fully saturated rings. The van der Waals surface area contributed by atoms with E-state index in [0.717, 1.165) is 24.3 Å². The summed E-state index contributed by atoms with van der Waals surface area (Å²) in [7, 11) is 0. The van der Waals surface area contributed by atoms with Crippen LogP contribution in [-0.4, -0.2) is 16.0 Å². The molecule has 0 unspecified atom stereocenters. The zero-order chi connectivity index (χ0) is 15.1. The first-order valence-electron chi connectivity index (χ1n) is 5.91. The van der Waals surface area contributed by atoms with E-state index in [1.54, 1.807) is 0 Å². The molecule has 1 aliphatic rings. The SMILES string of the molecule is O=C1/C(=C/c2ccc(F)cc2F)Oc2c1ccc(O)c2O. The number of fused-ring (bicyclic) bond motifs is 1. The van der Waals surface area contributed by atoms with Gasteiger partial charge in [-0.3, -0.25) is 4.79 Å². The van der Waals surface area contributed by atoms with E-state index in [2.05, 4.69) is 0 Å². The number of rotatable bonds is 1. The topological polar surface area (TPSA) is 66.8 Å². The third-order valence-corrected chi connectivity index (χ3v) is 3.04. The molecule has 1 heterocycles. The van der Waals surface area contributed by atoms with Crippen molar-refractivity contribution < 1.29 is 28.5 Å². The van der Waals surface area contributed by atoms with Crippen LogP contribution >= 0.6 is 0 Å². The van der Waals surface area contributed by atoms with E-state index >= 15 is 0 Å². The molecule has 0 atom stereocenters. The number of aromatic hydroxyl groups is 2. The molecule has 2 aromatic rings. The number of allylic oxidation sites excluding steroid dienone is 1. The molecular formula is C15H8F2O4. The first-order chi connectivity index (χ1) is 9.97. The fourth-order valence-electron chi connectivity index (χ4n) is 1.99. The minimum Gasteiger partial charge on any atom is -0.504 e. The van der Waals surface area contributed by atoms with E-state index < -0.39 is 28.9 Å². The van der Waals surface area contributed by atoms with Crippen molar-refractivity contribution in [2.75, 3.05) is 0 Å². The van der Waals surface area contributed by atoms with Crippen molar-refractivity contribution in [3.8, 4) is 17.2 Å². The fraction of sp³-hybridized carbons (Fsp3) is 0. The van der Waals surface area contributed by atoms with Crippen molar-refractivity contribution in [3.63, 3.8) is 0 Å². The van der Waals surface area contributed by atoms with E-state index in [1.165, 1.54) is 6.07 Å². The van der Waals surface area contributed by atoms with Crippen molar-refractivity contribution in [1.82, 2.24) is 0 Å². The maximum Gasteiger partial charge on any atom is 0.232 e. The van der Waals surface area contributed by atoms with E-state index in [0.29, 0.717) is 6.07 Å². The van der Waals surface area contributed by atoms with Gasteiger partial charge in [-0.05, 0) is 30.3 Å². The minimum atomic E-state index is -0.845. The van der Waals surface area contributed by atoms with Crippen molar-refractivity contribution >= 4 is 11.9 Å². The molecule has 0 bridgehead atoms. The molecule has 0 aliphatic carbocycles. The largest absolute Gasteiger partial charge is 0.504 e. The van der Waals surface area contributed by atoms with Crippen LogP contribution in [0.3, 0.4) is 0 Å². The smallest absolute Gasteiger partial charge is 0.232 e. The summed E-state index contributed by atoms with van der Waals surface area (Å²) in [5.41, 5.74) is 0.0235. The Kier molecular flexibility index (Phi) is 2.86. The Bertz CT molecular complexity index is 797. The molecular weight excluding hydrogens is 282 g/mol. The van der Waals surface area contributed by atoms with Gasteiger partial charge in [0.2, 0.25) is 11.5 Å². The van der Waals surface area contributed by atoms with Gasteiger partial charge < -0.3 is 14.9 Å². The Morgan fingerprint density at radius 1 is 1.10 bits per heavy atom. The van der Waals surface area contributed by atoms with Crippen molar-refractivity contribution in [2.45, 2.75) is 0 Å². The van der Waals surface area contributed by atoms with Crippen LogP contribution in [0.25, 0.3) is 6.08 Å². The van der Waals surface area contributed by atoms with Gasteiger partial charge in [0.25, 0.3) is 0 Å². The number of carbonyl (C=O) groups is 1. The van der Waals surface area contributed by atoms with Gasteiger partial charge in [-0.1, -0.05) is 0 Å². The second-order valence-electron chi connectivity index (χ2n) is 4.42. The second-order valence-corrected chi connectivity index (χ2v) is 4.42. The molecule has 3 rings (SSSR count). The molecule has 106 valence electrons. The summed E-state index contributed by atoms with van der Waals surface area (Å²) >= 11 is 0. The molecule has 4 nitrogen and oxygen atoms in total.